The van der Waals surface area contributed by atoms with Gasteiger partial charge in [0.2, 0.25) is 7.52 Å². The van der Waals surface area contributed by atoms with Gasteiger partial charge in [0.05, 0.1) is 13.2 Å². The average Bonchev–Trinajstić information content (AvgIpc) is 2.20. The van der Waals surface area contributed by atoms with Crippen LogP contribution in [0.2, 0.25) is 0 Å². The molecule has 0 saturated heterocycles. The van der Waals surface area contributed by atoms with Crippen LogP contribution >= 0.6 is 23.0 Å². The number of hydrogen-bond donors (Lipinski definition) is 0. The smallest absolute Gasteiger partial charge is 0.303 e. The van der Waals surface area contributed by atoms with E-state index >= 15 is 0 Å². The maximum atomic E-state index is 14.2. The van der Waals surface area contributed by atoms with Crippen molar-refractivity contribution in [1.29, 1.82) is 0 Å². The van der Waals surface area contributed by atoms with Gasteiger partial charge in [0.1, 0.15) is 0 Å². The summed E-state index contributed by atoms with van der Waals surface area (Å²) in [4.78, 5) is 0. The molecule has 18 heavy (non-hydrogen) atoms. The lowest BCUT2D eigenvalue weighted by Crippen LogP contribution is -1.92. The molecule has 0 aliphatic carbocycles. The Morgan fingerprint density at radius 1 is 0.833 bits per heavy atom. The maximum absolute atomic E-state index is 14.2. The highest BCUT2D eigenvalue weighted by atomic mass is 31.3. The first-order valence-corrected chi connectivity index (χ1v) is 10.5. The largest absolute Gasteiger partial charge is 0.385 e. The summed E-state index contributed by atoms with van der Waals surface area (Å²) in [6.45, 7) is 4.47. The Morgan fingerprint density at radius 2 is 1.28 bits per heavy atom. The molecule has 0 N–H and O–H groups in total. The number of rotatable bonds is 6. The molecule has 0 aromatic heterocycles. The number of nitrogens with zero attached hydrogens (tertiary/aromatic N) is 3. The molecule has 0 amide bonds. The van der Waals surface area contributed by atoms with Gasteiger partial charge in [0.15, 0.2) is 0 Å². The van der Waals surface area contributed by atoms with Gasteiger partial charge < -0.3 is 9.05 Å². The minimum Gasteiger partial charge on any atom is -0.303 e. The minimum absolute atomic E-state index is 0.00502. The zero-order chi connectivity index (χ0) is 13.9. The van der Waals surface area contributed by atoms with Crippen molar-refractivity contribution in [2.45, 2.75) is 26.7 Å². The monoisotopic (exact) mass is 325 g/mol. The lowest BCUT2D eigenvalue weighted by molar-refractivity contribution is 0.315. The van der Waals surface area contributed by atoms with Crippen LogP contribution in [-0.2, 0) is 9.05 Å². The third kappa shape index (κ3) is 4.82. The first-order valence-electron chi connectivity index (χ1n) is 5.51. The van der Waals surface area contributed by atoms with Gasteiger partial charge in [0, 0.05) is 6.66 Å². The van der Waals surface area contributed by atoms with Crippen molar-refractivity contribution in [3.05, 3.63) is 0 Å². The van der Waals surface area contributed by atoms with Gasteiger partial charge in [-0.05, 0) is 12.8 Å². The normalized spacial score (nSPS) is 39.7. The molecule has 1 aliphatic rings. The van der Waals surface area contributed by atoms with E-state index < -0.39 is 23.0 Å². The summed E-state index contributed by atoms with van der Waals surface area (Å²) in [6.07, 6.45) is 1.01. The Morgan fingerprint density at radius 3 is 1.72 bits per heavy atom. The Labute approximate surface area is 105 Å². The molecule has 3 unspecified atom stereocenters. The second-order valence-electron chi connectivity index (χ2n) is 3.69. The first-order chi connectivity index (χ1) is 8.24. The highest BCUT2D eigenvalue weighted by molar-refractivity contribution is 7.79. The lowest BCUT2D eigenvalue weighted by atomic mass is 10.5. The van der Waals surface area contributed by atoms with E-state index in [4.69, 9.17) is 9.05 Å². The highest BCUT2D eigenvalue weighted by Gasteiger charge is 2.37. The molecule has 11 heteroatoms. The second kappa shape index (κ2) is 6.23. The summed E-state index contributed by atoms with van der Waals surface area (Å²) in [7, 11) is -12.5. The predicted octanol–water partition coefficient (Wildman–Crippen LogP) is 6.32. The summed E-state index contributed by atoms with van der Waals surface area (Å²) in [5.41, 5.74) is 0. The van der Waals surface area contributed by atoms with E-state index in [1.165, 1.54) is 0 Å². The van der Waals surface area contributed by atoms with Gasteiger partial charge in [-0.25, -0.2) is 0 Å². The van der Waals surface area contributed by atoms with E-state index in [1.807, 2.05) is 0 Å². The Bertz CT molecular complexity index is 449. The molecule has 0 bridgehead atoms. The van der Waals surface area contributed by atoms with Crippen LogP contribution in [0.4, 0.5) is 12.6 Å². The third-order valence-electron chi connectivity index (χ3n) is 1.69. The summed E-state index contributed by atoms with van der Waals surface area (Å²) in [6, 6.07) is 0. The molecule has 1 aliphatic heterocycles. The fraction of sp³-hybridized carbons (Fsp3) is 1.00. The summed E-state index contributed by atoms with van der Waals surface area (Å²) >= 11 is 0. The van der Waals surface area contributed by atoms with Crippen molar-refractivity contribution in [2.24, 2.45) is 13.5 Å². The molecule has 0 fully saturated rings. The van der Waals surface area contributed by atoms with Crippen LogP contribution < -0.4 is 0 Å². The Hall–Kier alpha value is 0.400. The highest BCUT2D eigenvalue weighted by Crippen LogP contribution is 2.80. The fourth-order valence-corrected chi connectivity index (χ4v) is 8.47. The zero-order valence-electron chi connectivity index (χ0n) is 10.5. The van der Waals surface area contributed by atoms with Gasteiger partial charge >= 0.3 is 15.5 Å². The molecule has 3 atom stereocenters. The van der Waals surface area contributed by atoms with Crippen molar-refractivity contribution in [3.63, 3.8) is 0 Å². The van der Waals surface area contributed by atoms with Gasteiger partial charge in [-0.2, -0.15) is 21.6 Å². The van der Waals surface area contributed by atoms with Crippen LogP contribution in [0.3, 0.4) is 0 Å². The van der Waals surface area contributed by atoms with Crippen molar-refractivity contribution < 1.29 is 21.6 Å². The van der Waals surface area contributed by atoms with Crippen LogP contribution in [0, 0.1) is 0 Å². The molecular formula is C7H17F3N3O2P3. The Balaban J connectivity index is 3.14. The van der Waals surface area contributed by atoms with Crippen molar-refractivity contribution in [1.82, 2.24) is 0 Å². The summed E-state index contributed by atoms with van der Waals surface area (Å²) in [5.74, 6) is 0. The minimum atomic E-state index is -4.28. The van der Waals surface area contributed by atoms with E-state index in [-0.39, 0.29) is 13.2 Å². The van der Waals surface area contributed by atoms with E-state index in [1.54, 1.807) is 13.8 Å². The van der Waals surface area contributed by atoms with Crippen LogP contribution in [0.5, 0.6) is 0 Å². The second-order valence-corrected chi connectivity index (χ2v) is 9.86. The standard InChI is InChI=1S/C7H17F3N3O2P3/c1-4-6-14-17(9)11-16(3,8)12-18(10,13-17)15-7-5-2/h4-7H2,1-3H3. The van der Waals surface area contributed by atoms with Crippen molar-refractivity contribution >= 4 is 23.0 Å². The van der Waals surface area contributed by atoms with E-state index in [2.05, 4.69) is 13.5 Å². The van der Waals surface area contributed by atoms with Crippen molar-refractivity contribution in [3.8, 4) is 0 Å². The summed E-state index contributed by atoms with van der Waals surface area (Å²) in [5, 5.41) is 0. The molecule has 0 saturated carbocycles. The molecule has 0 aromatic carbocycles. The van der Waals surface area contributed by atoms with Crippen LogP contribution in [0.25, 0.3) is 0 Å². The predicted molar refractivity (Wildman–Crippen MR) is 69.8 cm³/mol. The first kappa shape index (κ1) is 16.5. The molecule has 0 spiro atoms. The van der Waals surface area contributed by atoms with Crippen LogP contribution in [0.15, 0.2) is 13.5 Å². The number of halogens is 3. The van der Waals surface area contributed by atoms with Gasteiger partial charge in [-0.3, -0.25) is 0 Å². The molecule has 108 valence electrons. The van der Waals surface area contributed by atoms with E-state index in [0.29, 0.717) is 12.8 Å². The lowest BCUT2D eigenvalue weighted by Gasteiger charge is -2.21. The van der Waals surface area contributed by atoms with Gasteiger partial charge in [0.25, 0.3) is 0 Å². The molecule has 1 heterocycles. The fourth-order valence-electron chi connectivity index (χ4n) is 1.11. The zero-order valence-corrected chi connectivity index (χ0v) is 13.1. The van der Waals surface area contributed by atoms with Crippen molar-refractivity contribution in [2.75, 3.05) is 19.9 Å². The maximum Gasteiger partial charge on any atom is 0.385 e. The summed E-state index contributed by atoms with van der Waals surface area (Å²) < 4.78 is 61.4. The average molecular weight is 325 g/mol. The van der Waals surface area contributed by atoms with Crippen LogP contribution in [-0.4, -0.2) is 19.9 Å². The van der Waals surface area contributed by atoms with Crippen LogP contribution in [0.1, 0.15) is 26.7 Å². The molecule has 1 rings (SSSR count). The van der Waals surface area contributed by atoms with Gasteiger partial charge in [-0.1, -0.05) is 13.8 Å². The quantitative estimate of drug-likeness (QED) is 0.537. The molecular weight excluding hydrogens is 308 g/mol. The molecule has 5 nitrogen and oxygen atoms in total. The molecule has 0 aromatic rings. The Kier molecular flexibility index (Phi) is 5.70. The topological polar surface area (TPSA) is 55.5 Å². The van der Waals surface area contributed by atoms with E-state index in [9.17, 15) is 12.6 Å². The SMILES string of the molecule is CCCOP1(F)=NP(C)(F)=NP(F)(OCCC)=N1. The molecule has 0 radical (unpaired) electrons. The third-order valence-corrected chi connectivity index (χ3v) is 8.85. The van der Waals surface area contributed by atoms with E-state index in [0.717, 1.165) is 6.66 Å². The van der Waals surface area contributed by atoms with Gasteiger partial charge in [-0.15, -0.1) is 4.52 Å². The number of hydrogen-bond acceptors (Lipinski definition) is 5.